The molecule has 0 aliphatic carbocycles. The number of hydrogen-bond acceptors (Lipinski definition) is 8. The Morgan fingerprint density at radius 2 is 1.62 bits per heavy atom. The van der Waals surface area contributed by atoms with Crippen molar-refractivity contribution >= 4 is 23.3 Å². The zero-order chi connectivity index (χ0) is 23.3. The van der Waals surface area contributed by atoms with Crippen molar-refractivity contribution in [2.24, 2.45) is 0 Å². The van der Waals surface area contributed by atoms with Gasteiger partial charge in [0.2, 0.25) is 5.89 Å². The molecule has 2 aromatic heterocycles. The fourth-order valence-corrected chi connectivity index (χ4v) is 5.00. The van der Waals surface area contributed by atoms with Crippen LogP contribution >= 0.6 is 11.8 Å². The van der Waals surface area contributed by atoms with Crippen LogP contribution in [-0.2, 0) is 5.75 Å². The molecular formula is C26H27N5O2S. The number of anilines is 2. The van der Waals surface area contributed by atoms with Gasteiger partial charge in [0.05, 0.1) is 12.8 Å². The number of aryl methyl sites for hydroxylation is 1. The quantitative estimate of drug-likeness (QED) is 0.345. The predicted molar refractivity (Wildman–Crippen MR) is 136 cm³/mol. The van der Waals surface area contributed by atoms with Gasteiger partial charge in [-0.1, -0.05) is 30.0 Å². The maximum absolute atomic E-state index is 5.92. The van der Waals surface area contributed by atoms with Crippen molar-refractivity contribution in [2.75, 3.05) is 43.1 Å². The third-order valence-corrected chi connectivity index (χ3v) is 6.90. The van der Waals surface area contributed by atoms with Crippen molar-refractivity contribution < 1.29 is 9.15 Å². The van der Waals surface area contributed by atoms with Crippen LogP contribution in [0.25, 0.3) is 11.5 Å². The third-order valence-electron chi connectivity index (χ3n) is 5.92. The second-order valence-corrected chi connectivity index (χ2v) is 9.00. The van der Waals surface area contributed by atoms with Crippen LogP contribution in [-0.4, -0.2) is 48.2 Å². The van der Waals surface area contributed by atoms with Crippen molar-refractivity contribution in [3.63, 3.8) is 0 Å². The lowest BCUT2D eigenvalue weighted by Gasteiger charge is -2.37. The van der Waals surface area contributed by atoms with Gasteiger partial charge >= 0.3 is 0 Å². The summed E-state index contributed by atoms with van der Waals surface area (Å²) in [5.41, 5.74) is 3.13. The second-order valence-electron chi connectivity index (χ2n) is 8.03. The highest BCUT2D eigenvalue weighted by Gasteiger charge is 2.22. The molecule has 2 aromatic carbocycles. The lowest BCUT2D eigenvalue weighted by molar-refractivity contribution is 0.415. The van der Waals surface area contributed by atoms with Gasteiger partial charge in [0.25, 0.3) is 0 Å². The van der Waals surface area contributed by atoms with Gasteiger partial charge in [-0.2, -0.15) is 0 Å². The minimum absolute atomic E-state index is 0.655. The first-order valence-corrected chi connectivity index (χ1v) is 12.3. The van der Waals surface area contributed by atoms with Crippen LogP contribution in [0.4, 0.5) is 11.5 Å². The van der Waals surface area contributed by atoms with E-state index < -0.39 is 0 Å². The van der Waals surface area contributed by atoms with Crippen molar-refractivity contribution in [1.82, 2.24) is 15.0 Å². The molecule has 1 fully saturated rings. The van der Waals surface area contributed by atoms with Gasteiger partial charge in [0.15, 0.2) is 5.82 Å². The summed E-state index contributed by atoms with van der Waals surface area (Å²) < 4.78 is 11.2. The zero-order valence-electron chi connectivity index (χ0n) is 19.3. The summed E-state index contributed by atoms with van der Waals surface area (Å²) in [4.78, 5) is 18.7. The van der Waals surface area contributed by atoms with Gasteiger partial charge in [-0.05, 0) is 43.3 Å². The molecular weight excluding hydrogens is 446 g/mol. The Morgan fingerprint density at radius 3 is 2.35 bits per heavy atom. The van der Waals surface area contributed by atoms with E-state index in [-0.39, 0.29) is 0 Å². The number of hydrogen-bond donors (Lipinski definition) is 0. The smallest absolute Gasteiger partial charge is 0.226 e. The van der Waals surface area contributed by atoms with E-state index in [4.69, 9.17) is 14.1 Å². The Hall–Kier alpha value is -3.52. The average Bonchev–Trinajstić information content (AvgIpc) is 3.28. The van der Waals surface area contributed by atoms with Crippen LogP contribution in [0.15, 0.2) is 76.4 Å². The zero-order valence-corrected chi connectivity index (χ0v) is 20.2. The molecule has 34 heavy (non-hydrogen) atoms. The van der Waals surface area contributed by atoms with E-state index in [0.717, 1.165) is 59.8 Å². The molecule has 0 radical (unpaired) electrons. The van der Waals surface area contributed by atoms with E-state index in [1.165, 1.54) is 5.69 Å². The van der Waals surface area contributed by atoms with Crippen LogP contribution in [0.3, 0.4) is 0 Å². The van der Waals surface area contributed by atoms with E-state index in [0.29, 0.717) is 11.6 Å². The molecule has 0 saturated carbocycles. The summed E-state index contributed by atoms with van der Waals surface area (Å²) in [7, 11) is 1.69. The highest BCUT2D eigenvalue weighted by molar-refractivity contribution is 7.98. The summed E-state index contributed by atoms with van der Waals surface area (Å²) in [5.74, 6) is 3.99. The number of rotatable bonds is 7. The average molecular weight is 474 g/mol. The number of nitrogens with zero attached hydrogens (tertiary/aromatic N) is 5. The van der Waals surface area contributed by atoms with Crippen molar-refractivity contribution in [3.05, 3.63) is 78.4 Å². The minimum atomic E-state index is 0.655. The first kappa shape index (κ1) is 22.3. The number of methoxy groups -OCH3 is 1. The predicted octanol–water partition coefficient (Wildman–Crippen LogP) is 5.07. The van der Waals surface area contributed by atoms with E-state index in [9.17, 15) is 0 Å². The van der Waals surface area contributed by atoms with Gasteiger partial charge in [-0.3, -0.25) is 0 Å². The summed E-state index contributed by atoms with van der Waals surface area (Å²) in [5, 5.41) is 0.920. The Labute approximate surface area is 203 Å². The van der Waals surface area contributed by atoms with Crippen LogP contribution in [0.5, 0.6) is 5.75 Å². The van der Waals surface area contributed by atoms with Crippen LogP contribution in [0.1, 0.15) is 11.5 Å². The SMILES string of the molecule is COc1ccc(N2CCN(c3nccnc3SCc3nc(-c4ccccc4)oc3C)CC2)cc1. The Bertz CT molecular complexity index is 1220. The van der Waals surface area contributed by atoms with Gasteiger partial charge < -0.3 is 19.0 Å². The van der Waals surface area contributed by atoms with Gasteiger partial charge in [-0.25, -0.2) is 15.0 Å². The van der Waals surface area contributed by atoms with Crippen molar-refractivity contribution in [3.8, 4) is 17.2 Å². The van der Waals surface area contributed by atoms with Crippen molar-refractivity contribution in [2.45, 2.75) is 17.7 Å². The fraction of sp³-hybridized carbons (Fsp3) is 0.269. The summed E-state index contributed by atoms with van der Waals surface area (Å²) in [6, 6.07) is 18.2. The number of ether oxygens (including phenoxy) is 1. The molecule has 0 amide bonds. The van der Waals surface area contributed by atoms with Gasteiger partial charge in [0.1, 0.15) is 16.5 Å². The van der Waals surface area contributed by atoms with Gasteiger partial charge in [0, 0.05) is 55.6 Å². The molecule has 4 aromatic rings. The Balaban J connectivity index is 1.24. The number of benzene rings is 2. The molecule has 1 saturated heterocycles. The molecule has 7 nitrogen and oxygen atoms in total. The van der Waals surface area contributed by atoms with Gasteiger partial charge in [-0.15, -0.1) is 0 Å². The molecule has 8 heteroatoms. The molecule has 5 rings (SSSR count). The highest BCUT2D eigenvalue weighted by atomic mass is 32.2. The third kappa shape index (κ3) is 4.87. The number of piperazine rings is 1. The van der Waals surface area contributed by atoms with Crippen LogP contribution < -0.4 is 14.5 Å². The molecule has 174 valence electrons. The lowest BCUT2D eigenvalue weighted by Crippen LogP contribution is -2.47. The topological polar surface area (TPSA) is 67.5 Å². The Kier molecular flexibility index (Phi) is 6.67. The Morgan fingerprint density at radius 1 is 0.912 bits per heavy atom. The molecule has 0 N–H and O–H groups in total. The molecule has 0 bridgehead atoms. The molecule has 1 aliphatic heterocycles. The molecule has 0 unspecified atom stereocenters. The van der Waals surface area contributed by atoms with Crippen LogP contribution in [0, 0.1) is 6.92 Å². The fourth-order valence-electron chi connectivity index (χ4n) is 4.01. The first-order chi connectivity index (χ1) is 16.7. The van der Waals surface area contributed by atoms with E-state index in [1.807, 2.05) is 49.4 Å². The summed E-state index contributed by atoms with van der Waals surface area (Å²) in [6.45, 7) is 5.59. The standard InChI is InChI=1S/C26H27N5O2S/c1-19-23(29-25(33-19)20-6-4-3-5-7-20)18-34-26-24(27-12-13-28-26)31-16-14-30(15-17-31)21-8-10-22(32-2)11-9-21/h3-13H,14-18H2,1-2H3. The highest BCUT2D eigenvalue weighted by Crippen LogP contribution is 2.32. The van der Waals surface area contributed by atoms with Crippen molar-refractivity contribution in [1.29, 1.82) is 0 Å². The number of thioether (sulfide) groups is 1. The minimum Gasteiger partial charge on any atom is -0.497 e. The monoisotopic (exact) mass is 473 g/mol. The van der Waals surface area contributed by atoms with E-state index >= 15 is 0 Å². The summed E-state index contributed by atoms with van der Waals surface area (Å²) in [6.07, 6.45) is 3.52. The maximum atomic E-state index is 5.92. The summed E-state index contributed by atoms with van der Waals surface area (Å²) >= 11 is 1.65. The molecule has 1 aliphatic rings. The maximum Gasteiger partial charge on any atom is 0.226 e. The number of aromatic nitrogens is 3. The largest absolute Gasteiger partial charge is 0.497 e. The van der Waals surface area contributed by atoms with Crippen LogP contribution in [0.2, 0.25) is 0 Å². The van der Waals surface area contributed by atoms with E-state index in [1.54, 1.807) is 31.3 Å². The van der Waals surface area contributed by atoms with E-state index in [2.05, 4.69) is 31.9 Å². The number of oxazole rings is 1. The normalized spacial score (nSPS) is 13.8. The molecule has 0 atom stereocenters. The molecule has 3 heterocycles. The lowest BCUT2D eigenvalue weighted by atomic mass is 10.2. The molecule has 0 spiro atoms. The first-order valence-electron chi connectivity index (χ1n) is 11.3. The second kappa shape index (κ2) is 10.2.